The fourth-order valence-corrected chi connectivity index (χ4v) is 4.30. The quantitative estimate of drug-likeness (QED) is 0.243. The largest absolute Gasteiger partial charge is 0.350 e. The molecule has 0 bridgehead atoms. The lowest BCUT2D eigenvalue weighted by Crippen LogP contribution is -2.57. The molecule has 4 N–H and O–H groups in total. The molecule has 0 radical (unpaired) electrons. The molecule has 3 atom stereocenters. The molecule has 38 heavy (non-hydrogen) atoms. The maximum Gasteiger partial charge on any atom is 0.243 e. The van der Waals surface area contributed by atoms with Gasteiger partial charge in [0.15, 0.2) is 0 Å². The van der Waals surface area contributed by atoms with Gasteiger partial charge < -0.3 is 21.3 Å². The lowest BCUT2D eigenvalue weighted by molar-refractivity contribution is -0.133. The Balaban J connectivity index is 2.17. The first-order valence-corrected chi connectivity index (χ1v) is 14.0. The zero-order valence-corrected chi connectivity index (χ0v) is 22.9. The highest BCUT2D eigenvalue weighted by atomic mass is 32.2. The Morgan fingerprint density at radius 2 is 1.50 bits per heavy atom. The number of hydrogen-bond donors (Lipinski definition) is 4. The summed E-state index contributed by atoms with van der Waals surface area (Å²) in [4.78, 5) is 50.5. The van der Waals surface area contributed by atoms with Crippen LogP contribution in [-0.4, -0.2) is 54.3 Å². The summed E-state index contributed by atoms with van der Waals surface area (Å²) in [6.45, 7) is 4.03. The molecule has 2 aromatic rings. The second kappa shape index (κ2) is 16.4. The summed E-state index contributed by atoms with van der Waals surface area (Å²) in [7, 11) is 0. The molecule has 0 aliphatic carbocycles. The molecule has 0 saturated carbocycles. The zero-order chi connectivity index (χ0) is 27.9. The van der Waals surface area contributed by atoms with E-state index in [4.69, 9.17) is 0 Å². The van der Waals surface area contributed by atoms with Crippen LogP contribution in [0.4, 0.5) is 4.39 Å². The van der Waals surface area contributed by atoms with Crippen molar-refractivity contribution >= 4 is 35.9 Å². The molecule has 0 aliphatic heterocycles. The number of carbonyl (C=O) groups is 4. The van der Waals surface area contributed by atoms with E-state index in [2.05, 4.69) is 21.3 Å². The first-order chi connectivity index (χ1) is 18.2. The van der Waals surface area contributed by atoms with Crippen LogP contribution in [0.2, 0.25) is 0 Å². The van der Waals surface area contributed by atoms with Crippen molar-refractivity contribution in [1.29, 1.82) is 0 Å². The minimum atomic E-state index is -0.905. The molecule has 4 amide bonds. The van der Waals surface area contributed by atoms with Crippen molar-refractivity contribution in [3.05, 3.63) is 71.5 Å². The van der Waals surface area contributed by atoms with E-state index >= 15 is 0 Å². The molecular formula is C28H37FN4O4S. The molecule has 0 unspecified atom stereocenters. The van der Waals surface area contributed by atoms with Crippen molar-refractivity contribution in [3.63, 3.8) is 0 Å². The molecule has 0 fully saturated rings. The Morgan fingerprint density at radius 1 is 0.868 bits per heavy atom. The van der Waals surface area contributed by atoms with E-state index in [0.717, 1.165) is 5.56 Å². The lowest BCUT2D eigenvalue weighted by atomic mass is 10.0. The number of hydrogen-bond acceptors (Lipinski definition) is 5. The van der Waals surface area contributed by atoms with Crippen LogP contribution in [0.15, 0.2) is 54.6 Å². The van der Waals surface area contributed by atoms with Crippen molar-refractivity contribution in [2.24, 2.45) is 5.92 Å². The van der Waals surface area contributed by atoms with Gasteiger partial charge in [-0.2, -0.15) is 11.8 Å². The number of nitrogens with one attached hydrogen (secondary N) is 4. The van der Waals surface area contributed by atoms with Crippen molar-refractivity contribution < 1.29 is 23.6 Å². The molecule has 8 nitrogen and oxygen atoms in total. The average molecular weight is 545 g/mol. The number of carbonyl (C=O) groups excluding carboxylic acids is 4. The molecule has 2 aromatic carbocycles. The Labute approximate surface area is 227 Å². The molecule has 10 heteroatoms. The Kier molecular flexibility index (Phi) is 13.3. The van der Waals surface area contributed by atoms with E-state index in [1.165, 1.54) is 12.1 Å². The third-order valence-electron chi connectivity index (χ3n) is 5.83. The topological polar surface area (TPSA) is 116 Å². The highest BCUT2D eigenvalue weighted by Gasteiger charge is 2.29. The van der Waals surface area contributed by atoms with Crippen LogP contribution in [0.3, 0.4) is 0 Å². The van der Waals surface area contributed by atoms with Crippen molar-refractivity contribution in [2.75, 3.05) is 12.0 Å². The van der Waals surface area contributed by atoms with E-state index in [1.54, 1.807) is 23.9 Å². The first kappa shape index (κ1) is 30.8. The molecule has 0 aromatic heterocycles. The van der Waals surface area contributed by atoms with E-state index in [9.17, 15) is 23.6 Å². The number of halogens is 1. The van der Waals surface area contributed by atoms with Gasteiger partial charge in [0, 0.05) is 13.0 Å². The average Bonchev–Trinajstić information content (AvgIpc) is 2.90. The minimum Gasteiger partial charge on any atom is -0.350 e. The smallest absolute Gasteiger partial charge is 0.243 e. The monoisotopic (exact) mass is 544 g/mol. The van der Waals surface area contributed by atoms with Crippen molar-refractivity contribution in [3.8, 4) is 0 Å². The van der Waals surface area contributed by atoms with Gasteiger partial charge in [0.2, 0.25) is 24.1 Å². The molecule has 0 aliphatic rings. The second-order valence-electron chi connectivity index (χ2n) is 9.40. The first-order valence-electron chi connectivity index (χ1n) is 12.6. The van der Waals surface area contributed by atoms with Gasteiger partial charge in [-0.15, -0.1) is 0 Å². The van der Waals surface area contributed by atoms with Crippen molar-refractivity contribution in [1.82, 2.24) is 21.3 Å². The fourth-order valence-electron chi connectivity index (χ4n) is 3.83. The summed E-state index contributed by atoms with van der Waals surface area (Å²) in [6.07, 6.45) is 3.39. The van der Waals surface area contributed by atoms with E-state index < -0.39 is 35.8 Å². The molecule has 2 rings (SSSR count). The Hall–Kier alpha value is -3.40. The summed E-state index contributed by atoms with van der Waals surface area (Å²) in [5.41, 5.74) is 1.57. The van der Waals surface area contributed by atoms with Gasteiger partial charge in [-0.3, -0.25) is 19.2 Å². The maximum atomic E-state index is 13.4. The summed E-state index contributed by atoms with van der Waals surface area (Å²) in [5.74, 6) is -0.970. The number of rotatable bonds is 16. The van der Waals surface area contributed by atoms with Gasteiger partial charge >= 0.3 is 0 Å². The number of amides is 4. The van der Waals surface area contributed by atoms with Crippen LogP contribution in [-0.2, 0) is 32.1 Å². The van der Waals surface area contributed by atoms with Gasteiger partial charge in [-0.25, -0.2) is 4.39 Å². The third-order valence-corrected chi connectivity index (χ3v) is 6.48. The molecule has 0 heterocycles. The summed E-state index contributed by atoms with van der Waals surface area (Å²) >= 11 is 1.55. The van der Waals surface area contributed by atoms with Crippen LogP contribution < -0.4 is 21.3 Å². The molecular weight excluding hydrogens is 507 g/mol. The summed E-state index contributed by atoms with van der Waals surface area (Å²) in [5, 5.41) is 10.9. The molecule has 206 valence electrons. The minimum absolute atomic E-state index is 0.0783. The van der Waals surface area contributed by atoms with Crippen LogP contribution in [0.1, 0.15) is 37.8 Å². The standard InChI is InChI=1S/C28H37FN4O4S/c1-19(2)15-24(32-27(36)23(31-18-34)13-14-38-3)28(37)33-25(16-20-7-5-4-6-8-20)26(35)30-17-21-9-11-22(29)12-10-21/h4-12,18-19,23-25H,13-17H2,1-3H3,(H,30,35)(H,31,34)(H,32,36)(H,33,37)/t23-,24-,25+/m0/s1. The lowest BCUT2D eigenvalue weighted by Gasteiger charge is -2.26. The van der Waals surface area contributed by atoms with Gasteiger partial charge in [-0.05, 0) is 54.0 Å². The van der Waals surface area contributed by atoms with Crippen molar-refractivity contribution in [2.45, 2.75) is 57.8 Å². The van der Waals surface area contributed by atoms with Gasteiger partial charge in [0.25, 0.3) is 0 Å². The predicted octanol–water partition coefficient (Wildman–Crippen LogP) is 2.57. The highest BCUT2D eigenvalue weighted by molar-refractivity contribution is 7.98. The second-order valence-corrected chi connectivity index (χ2v) is 10.4. The van der Waals surface area contributed by atoms with Gasteiger partial charge in [0.05, 0.1) is 0 Å². The van der Waals surface area contributed by atoms with Crippen LogP contribution in [0.25, 0.3) is 0 Å². The van der Waals surface area contributed by atoms with E-state index in [1.807, 2.05) is 50.4 Å². The van der Waals surface area contributed by atoms with Gasteiger partial charge in [-0.1, -0.05) is 56.3 Å². The highest BCUT2D eigenvalue weighted by Crippen LogP contribution is 2.10. The summed E-state index contributed by atoms with van der Waals surface area (Å²) in [6, 6.07) is 12.5. The van der Waals surface area contributed by atoms with Crippen LogP contribution in [0.5, 0.6) is 0 Å². The Bertz CT molecular complexity index is 1040. The summed E-state index contributed by atoms with van der Waals surface area (Å²) < 4.78 is 13.2. The van der Waals surface area contributed by atoms with Gasteiger partial charge in [0.1, 0.15) is 23.9 Å². The molecule has 0 saturated heterocycles. The Morgan fingerprint density at radius 3 is 2.11 bits per heavy atom. The molecule has 0 spiro atoms. The van der Waals surface area contributed by atoms with E-state index in [0.29, 0.717) is 30.6 Å². The fraction of sp³-hybridized carbons (Fsp3) is 0.429. The third kappa shape index (κ3) is 10.9. The van der Waals surface area contributed by atoms with Crippen LogP contribution >= 0.6 is 11.8 Å². The normalized spacial score (nSPS) is 13.2. The number of benzene rings is 2. The number of thioether (sulfide) groups is 1. The van der Waals surface area contributed by atoms with E-state index in [-0.39, 0.29) is 24.7 Å². The maximum absolute atomic E-state index is 13.4. The predicted molar refractivity (Wildman–Crippen MR) is 148 cm³/mol. The zero-order valence-electron chi connectivity index (χ0n) is 22.0. The SMILES string of the molecule is CSCC[C@H](NC=O)C(=O)N[C@@H](CC(C)C)C(=O)N[C@H](Cc1ccccc1)C(=O)NCc1ccc(F)cc1. The van der Waals surface area contributed by atoms with Crippen LogP contribution in [0, 0.1) is 11.7 Å².